The van der Waals surface area contributed by atoms with E-state index < -0.39 is 0 Å². The van der Waals surface area contributed by atoms with Gasteiger partial charge in [0.05, 0.1) is 0 Å². The van der Waals surface area contributed by atoms with E-state index in [1.165, 1.54) is 24.2 Å². The third kappa shape index (κ3) is 1.82. The Morgan fingerprint density at radius 2 is 2.38 bits per heavy atom. The molecule has 0 aromatic carbocycles. The highest BCUT2D eigenvalue weighted by Gasteiger charge is 2.18. The molecule has 2 aromatic rings. The van der Waals surface area contributed by atoms with E-state index in [-0.39, 0.29) is 0 Å². The van der Waals surface area contributed by atoms with Crippen LogP contribution in [0.2, 0.25) is 0 Å². The van der Waals surface area contributed by atoms with Crippen LogP contribution in [0, 0.1) is 6.92 Å². The van der Waals surface area contributed by atoms with Gasteiger partial charge in [0.15, 0.2) is 5.65 Å². The van der Waals surface area contributed by atoms with Crippen molar-refractivity contribution in [2.45, 2.75) is 31.4 Å². The van der Waals surface area contributed by atoms with Gasteiger partial charge in [-0.3, -0.25) is 4.40 Å². The van der Waals surface area contributed by atoms with E-state index in [1.807, 2.05) is 6.07 Å². The SMILES string of the molecule is Cc1ccc2nnc(CC3CCCS3)n2c1. The van der Waals surface area contributed by atoms with Crippen LogP contribution in [-0.4, -0.2) is 25.6 Å². The number of aryl methyl sites for hydroxylation is 1. The molecule has 3 heterocycles. The van der Waals surface area contributed by atoms with Crippen LogP contribution in [0.15, 0.2) is 18.3 Å². The first-order valence-corrected chi connectivity index (χ1v) is 6.80. The van der Waals surface area contributed by atoms with Crippen molar-refractivity contribution in [1.29, 1.82) is 0 Å². The molecule has 0 bridgehead atoms. The van der Waals surface area contributed by atoms with E-state index in [1.54, 1.807) is 0 Å². The molecule has 0 amide bonds. The summed E-state index contributed by atoms with van der Waals surface area (Å²) < 4.78 is 2.13. The van der Waals surface area contributed by atoms with Gasteiger partial charge in [-0.25, -0.2) is 0 Å². The number of nitrogens with zero attached hydrogens (tertiary/aromatic N) is 3. The number of hydrogen-bond donors (Lipinski definition) is 0. The van der Waals surface area contributed by atoms with Crippen LogP contribution in [-0.2, 0) is 6.42 Å². The van der Waals surface area contributed by atoms with Crippen molar-refractivity contribution in [3.05, 3.63) is 29.7 Å². The molecule has 84 valence electrons. The summed E-state index contributed by atoms with van der Waals surface area (Å²) in [5.74, 6) is 2.42. The normalized spacial score (nSPS) is 20.7. The summed E-state index contributed by atoms with van der Waals surface area (Å²) in [4.78, 5) is 0. The Morgan fingerprint density at radius 1 is 1.44 bits per heavy atom. The van der Waals surface area contributed by atoms with E-state index in [0.717, 1.165) is 23.1 Å². The molecule has 3 rings (SSSR count). The Labute approximate surface area is 99.3 Å². The van der Waals surface area contributed by atoms with Crippen LogP contribution in [0.3, 0.4) is 0 Å². The molecule has 4 heteroatoms. The van der Waals surface area contributed by atoms with Crippen LogP contribution < -0.4 is 0 Å². The van der Waals surface area contributed by atoms with Crippen LogP contribution in [0.5, 0.6) is 0 Å². The first-order chi connectivity index (χ1) is 7.83. The van der Waals surface area contributed by atoms with Gasteiger partial charge in [0, 0.05) is 17.9 Å². The number of aromatic nitrogens is 3. The number of fused-ring (bicyclic) bond motifs is 1. The van der Waals surface area contributed by atoms with Gasteiger partial charge >= 0.3 is 0 Å². The summed E-state index contributed by atoms with van der Waals surface area (Å²) in [6, 6.07) is 4.12. The third-order valence-corrected chi connectivity index (χ3v) is 4.45. The van der Waals surface area contributed by atoms with Crippen molar-refractivity contribution in [1.82, 2.24) is 14.6 Å². The first-order valence-electron chi connectivity index (χ1n) is 5.75. The summed E-state index contributed by atoms with van der Waals surface area (Å²) in [5, 5.41) is 9.25. The summed E-state index contributed by atoms with van der Waals surface area (Å²) in [5.41, 5.74) is 2.22. The standard InChI is InChI=1S/C12H15N3S/c1-9-4-5-11-13-14-12(15(11)8-9)7-10-3-2-6-16-10/h4-5,8,10H,2-3,6-7H2,1H3. The zero-order valence-corrected chi connectivity index (χ0v) is 10.2. The van der Waals surface area contributed by atoms with Gasteiger partial charge in [-0.1, -0.05) is 6.07 Å². The lowest BCUT2D eigenvalue weighted by atomic mass is 10.2. The molecule has 0 aliphatic carbocycles. The number of thioether (sulfide) groups is 1. The molecular formula is C12H15N3S. The van der Waals surface area contributed by atoms with E-state index >= 15 is 0 Å². The number of hydrogen-bond acceptors (Lipinski definition) is 3. The van der Waals surface area contributed by atoms with Gasteiger partial charge in [-0.05, 0) is 37.1 Å². The highest BCUT2D eigenvalue weighted by atomic mass is 32.2. The molecule has 0 spiro atoms. The second-order valence-electron chi connectivity index (χ2n) is 4.39. The van der Waals surface area contributed by atoms with E-state index in [2.05, 4.69) is 45.5 Å². The Hall–Kier alpha value is -1.03. The molecule has 3 nitrogen and oxygen atoms in total. The average Bonchev–Trinajstić information content (AvgIpc) is 2.90. The maximum absolute atomic E-state index is 4.30. The molecule has 1 unspecified atom stereocenters. The van der Waals surface area contributed by atoms with Gasteiger partial charge in [0.2, 0.25) is 0 Å². The molecule has 1 aliphatic rings. The van der Waals surface area contributed by atoms with Crippen LogP contribution >= 0.6 is 11.8 Å². The lowest BCUT2D eigenvalue weighted by Crippen LogP contribution is -2.06. The van der Waals surface area contributed by atoms with Gasteiger partial charge < -0.3 is 0 Å². The van der Waals surface area contributed by atoms with E-state index in [9.17, 15) is 0 Å². The lowest BCUT2D eigenvalue weighted by Gasteiger charge is -2.06. The van der Waals surface area contributed by atoms with Crippen molar-refractivity contribution in [3.8, 4) is 0 Å². The van der Waals surface area contributed by atoms with Crippen molar-refractivity contribution in [2.75, 3.05) is 5.75 Å². The fourth-order valence-corrected chi connectivity index (χ4v) is 3.46. The molecule has 16 heavy (non-hydrogen) atoms. The molecular weight excluding hydrogens is 218 g/mol. The lowest BCUT2D eigenvalue weighted by molar-refractivity contribution is 0.737. The highest BCUT2D eigenvalue weighted by molar-refractivity contribution is 8.00. The molecule has 1 aliphatic heterocycles. The van der Waals surface area contributed by atoms with Gasteiger partial charge in [0.25, 0.3) is 0 Å². The van der Waals surface area contributed by atoms with Gasteiger partial charge in [-0.2, -0.15) is 11.8 Å². The summed E-state index contributed by atoms with van der Waals surface area (Å²) in [6.07, 6.45) is 5.86. The monoisotopic (exact) mass is 233 g/mol. The summed E-state index contributed by atoms with van der Waals surface area (Å²) in [6.45, 7) is 2.10. The number of pyridine rings is 1. The molecule has 0 N–H and O–H groups in total. The number of rotatable bonds is 2. The van der Waals surface area contributed by atoms with Gasteiger partial charge in [0.1, 0.15) is 5.82 Å². The average molecular weight is 233 g/mol. The van der Waals surface area contributed by atoms with Gasteiger partial charge in [-0.15, -0.1) is 10.2 Å². The predicted octanol–water partition coefficient (Wildman–Crippen LogP) is 2.48. The fraction of sp³-hybridized carbons (Fsp3) is 0.500. The topological polar surface area (TPSA) is 30.2 Å². The van der Waals surface area contributed by atoms with Crippen LogP contribution in [0.1, 0.15) is 24.2 Å². The maximum atomic E-state index is 4.30. The van der Waals surface area contributed by atoms with E-state index in [4.69, 9.17) is 0 Å². The Kier molecular flexibility index (Phi) is 2.59. The predicted molar refractivity (Wildman–Crippen MR) is 66.9 cm³/mol. The van der Waals surface area contributed by atoms with E-state index in [0.29, 0.717) is 0 Å². The van der Waals surface area contributed by atoms with Crippen LogP contribution in [0.4, 0.5) is 0 Å². The third-order valence-electron chi connectivity index (χ3n) is 3.06. The summed E-state index contributed by atoms with van der Waals surface area (Å²) >= 11 is 2.07. The van der Waals surface area contributed by atoms with Crippen LogP contribution in [0.25, 0.3) is 5.65 Å². The Morgan fingerprint density at radius 3 is 3.19 bits per heavy atom. The zero-order valence-electron chi connectivity index (χ0n) is 9.39. The van der Waals surface area contributed by atoms with Crippen molar-refractivity contribution >= 4 is 17.4 Å². The minimum Gasteiger partial charge on any atom is -0.286 e. The highest BCUT2D eigenvalue weighted by Crippen LogP contribution is 2.28. The smallest absolute Gasteiger partial charge is 0.160 e. The molecule has 2 aromatic heterocycles. The molecule has 0 radical (unpaired) electrons. The molecule has 0 saturated carbocycles. The Balaban J connectivity index is 1.93. The second kappa shape index (κ2) is 4.09. The minimum atomic E-state index is 0.743. The second-order valence-corrected chi connectivity index (χ2v) is 5.80. The quantitative estimate of drug-likeness (QED) is 0.798. The van der Waals surface area contributed by atoms with Crippen molar-refractivity contribution in [2.24, 2.45) is 0 Å². The van der Waals surface area contributed by atoms with Crippen molar-refractivity contribution < 1.29 is 0 Å². The molecule has 1 atom stereocenters. The Bertz CT molecular complexity index is 500. The largest absolute Gasteiger partial charge is 0.286 e. The van der Waals surface area contributed by atoms with Crippen molar-refractivity contribution in [3.63, 3.8) is 0 Å². The maximum Gasteiger partial charge on any atom is 0.160 e. The minimum absolute atomic E-state index is 0.743. The zero-order chi connectivity index (χ0) is 11.0. The molecule has 1 fully saturated rings. The molecule has 1 saturated heterocycles. The summed E-state index contributed by atoms with van der Waals surface area (Å²) in [7, 11) is 0. The first kappa shape index (κ1) is 10.1. The fourth-order valence-electron chi connectivity index (χ4n) is 2.19.